The van der Waals surface area contributed by atoms with Crippen molar-refractivity contribution in [2.45, 2.75) is 26.2 Å². The van der Waals surface area contributed by atoms with Gasteiger partial charge in [-0.3, -0.25) is 9.59 Å². The lowest BCUT2D eigenvalue weighted by molar-refractivity contribution is -0.136. The molecule has 2 N–H and O–H groups in total. The molecule has 1 aliphatic rings. The Hall–Kier alpha value is -4.51. The third kappa shape index (κ3) is 5.73. The average molecular weight is 536 g/mol. The minimum Gasteiger partial charge on any atom is -0.493 e. The predicted molar refractivity (Wildman–Crippen MR) is 141 cm³/mol. The van der Waals surface area contributed by atoms with Crippen LogP contribution in [0.1, 0.15) is 48.7 Å². The fourth-order valence-corrected chi connectivity index (χ4v) is 5.26. The second-order valence-electron chi connectivity index (χ2n) is 8.32. The standard InChI is InChI=1S/C27H25N3O7S/c1-15-7-4-5-8-17(15)26(33)37-19-12-11-16(13-20(19)35-2)14-28-30-24(32)23(31)29-25-22(27(34)36-3)18-9-6-10-21(18)38-25/h4-5,7-8,11-14H,6,9-10H2,1-3H3,(H,29,31)(H,30,32)/b28-14+. The highest BCUT2D eigenvalue weighted by atomic mass is 32.1. The third-order valence-electron chi connectivity index (χ3n) is 5.88. The van der Waals surface area contributed by atoms with Crippen molar-refractivity contribution < 1.29 is 33.4 Å². The summed E-state index contributed by atoms with van der Waals surface area (Å²) in [6, 6.07) is 11.8. The van der Waals surface area contributed by atoms with Gasteiger partial charge in [0.25, 0.3) is 0 Å². The van der Waals surface area contributed by atoms with Gasteiger partial charge in [0.15, 0.2) is 11.5 Å². The van der Waals surface area contributed by atoms with Crippen LogP contribution in [0.15, 0.2) is 47.6 Å². The van der Waals surface area contributed by atoms with Gasteiger partial charge in [-0.1, -0.05) is 18.2 Å². The van der Waals surface area contributed by atoms with E-state index in [9.17, 15) is 19.2 Å². The number of carbonyl (C=O) groups is 4. The summed E-state index contributed by atoms with van der Waals surface area (Å²) in [5.74, 6) is -2.57. The monoisotopic (exact) mass is 535 g/mol. The zero-order valence-corrected chi connectivity index (χ0v) is 21.8. The number of benzene rings is 2. The molecule has 0 saturated carbocycles. The number of hydrogen-bond donors (Lipinski definition) is 2. The van der Waals surface area contributed by atoms with Crippen LogP contribution in [0.25, 0.3) is 0 Å². The van der Waals surface area contributed by atoms with E-state index in [4.69, 9.17) is 14.2 Å². The first-order valence-electron chi connectivity index (χ1n) is 11.7. The van der Waals surface area contributed by atoms with Crippen molar-refractivity contribution in [1.29, 1.82) is 0 Å². The van der Waals surface area contributed by atoms with Crippen molar-refractivity contribution >= 4 is 46.3 Å². The molecule has 0 spiro atoms. The number of hydrogen-bond acceptors (Lipinski definition) is 9. The molecule has 0 saturated heterocycles. The lowest BCUT2D eigenvalue weighted by Gasteiger charge is -2.11. The number of aryl methyl sites for hydroxylation is 2. The molecule has 1 heterocycles. The number of nitrogens with zero attached hydrogens (tertiary/aromatic N) is 1. The first kappa shape index (κ1) is 26.6. The summed E-state index contributed by atoms with van der Waals surface area (Å²) in [6.45, 7) is 1.81. The third-order valence-corrected chi connectivity index (χ3v) is 7.09. The molecule has 0 unspecified atom stereocenters. The molecule has 11 heteroatoms. The molecule has 0 bridgehead atoms. The maximum atomic E-state index is 12.5. The molecule has 10 nitrogen and oxygen atoms in total. The quantitative estimate of drug-likeness (QED) is 0.155. The van der Waals surface area contributed by atoms with E-state index < -0.39 is 23.8 Å². The fourth-order valence-electron chi connectivity index (χ4n) is 3.99. The van der Waals surface area contributed by atoms with Gasteiger partial charge in [-0.25, -0.2) is 15.0 Å². The van der Waals surface area contributed by atoms with Crippen LogP contribution < -0.4 is 20.2 Å². The average Bonchev–Trinajstić information content (AvgIpc) is 3.50. The number of anilines is 1. The van der Waals surface area contributed by atoms with E-state index in [0.717, 1.165) is 35.3 Å². The van der Waals surface area contributed by atoms with E-state index in [1.165, 1.54) is 37.8 Å². The molecule has 2 aromatic carbocycles. The Morgan fingerprint density at radius 2 is 1.76 bits per heavy atom. The van der Waals surface area contributed by atoms with Crippen LogP contribution in [0.3, 0.4) is 0 Å². The fraction of sp³-hybridized carbons (Fsp3) is 0.222. The number of hydrazone groups is 1. The van der Waals surface area contributed by atoms with Gasteiger partial charge in [-0.05, 0) is 67.1 Å². The Morgan fingerprint density at radius 3 is 2.50 bits per heavy atom. The van der Waals surface area contributed by atoms with Gasteiger partial charge in [0.2, 0.25) is 0 Å². The number of rotatable bonds is 7. The molecule has 1 aliphatic carbocycles. The van der Waals surface area contributed by atoms with Crippen LogP contribution in [0.2, 0.25) is 0 Å². The van der Waals surface area contributed by atoms with Gasteiger partial charge in [-0.2, -0.15) is 5.10 Å². The largest absolute Gasteiger partial charge is 0.493 e. The number of esters is 2. The van der Waals surface area contributed by atoms with Gasteiger partial charge in [0.1, 0.15) is 5.00 Å². The lowest BCUT2D eigenvalue weighted by atomic mass is 10.1. The van der Waals surface area contributed by atoms with Crippen molar-refractivity contribution in [2.24, 2.45) is 5.10 Å². The van der Waals surface area contributed by atoms with Crippen molar-refractivity contribution in [2.75, 3.05) is 19.5 Å². The van der Waals surface area contributed by atoms with Crippen LogP contribution in [-0.4, -0.2) is 44.2 Å². The molecular weight excluding hydrogens is 510 g/mol. The molecule has 196 valence electrons. The predicted octanol–water partition coefficient (Wildman–Crippen LogP) is 3.65. The number of methoxy groups -OCH3 is 2. The Kier molecular flexibility index (Phi) is 8.17. The molecule has 0 aliphatic heterocycles. The van der Waals surface area contributed by atoms with Gasteiger partial charge < -0.3 is 19.5 Å². The van der Waals surface area contributed by atoms with Crippen molar-refractivity contribution in [3.63, 3.8) is 0 Å². The summed E-state index contributed by atoms with van der Waals surface area (Å²) in [6.07, 6.45) is 3.76. The van der Waals surface area contributed by atoms with Crippen LogP contribution in [0.4, 0.5) is 5.00 Å². The normalized spacial score (nSPS) is 12.1. The topological polar surface area (TPSA) is 132 Å². The van der Waals surface area contributed by atoms with E-state index >= 15 is 0 Å². The number of fused-ring (bicyclic) bond motifs is 1. The van der Waals surface area contributed by atoms with Crippen LogP contribution in [0, 0.1) is 6.92 Å². The van der Waals surface area contributed by atoms with Crippen molar-refractivity contribution in [3.8, 4) is 11.5 Å². The molecule has 0 fully saturated rings. The van der Waals surface area contributed by atoms with Gasteiger partial charge >= 0.3 is 23.8 Å². The lowest BCUT2D eigenvalue weighted by Crippen LogP contribution is -2.32. The van der Waals surface area contributed by atoms with E-state index in [2.05, 4.69) is 15.8 Å². The SMILES string of the molecule is COC(=O)c1c(NC(=O)C(=O)N/N=C/c2ccc(OC(=O)c3ccccc3C)c(OC)c2)sc2c1CCC2. The maximum Gasteiger partial charge on any atom is 0.343 e. The van der Waals surface area contributed by atoms with Gasteiger partial charge in [0, 0.05) is 4.88 Å². The maximum absolute atomic E-state index is 12.5. The molecule has 0 atom stereocenters. The first-order chi connectivity index (χ1) is 18.3. The second-order valence-corrected chi connectivity index (χ2v) is 9.43. The van der Waals surface area contributed by atoms with Crippen molar-refractivity contribution in [3.05, 3.63) is 75.2 Å². The number of ether oxygens (including phenoxy) is 3. The molecule has 2 amide bonds. The van der Waals surface area contributed by atoms with Crippen LogP contribution >= 0.6 is 11.3 Å². The summed E-state index contributed by atoms with van der Waals surface area (Å²) in [5, 5.41) is 6.59. The Balaban J connectivity index is 1.39. The summed E-state index contributed by atoms with van der Waals surface area (Å²) >= 11 is 1.27. The molecule has 4 rings (SSSR count). The zero-order chi connectivity index (χ0) is 27.2. The summed E-state index contributed by atoms with van der Waals surface area (Å²) in [4.78, 5) is 50.5. The molecular formula is C27H25N3O7S. The van der Waals surface area contributed by atoms with E-state index in [1.54, 1.807) is 24.3 Å². The second kappa shape index (κ2) is 11.7. The number of nitrogens with one attached hydrogen (secondary N) is 2. The molecule has 38 heavy (non-hydrogen) atoms. The Bertz CT molecular complexity index is 1440. The molecule has 1 aromatic heterocycles. The number of thiophene rings is 1. The number of amides is 2. The summed E-state index contributed by atoms with van der Waals surface area (Å²) in [5.41, 5.74) is 5.05. The minimum absolute atomic E-state index is 0.213. The molecule has 0 radical (unpaired) electrons. The van der Waals surface area contributed by atoms with E-state index in [-0.39, 0.29) is 16.5 Å². The Labute approximate surface area is 222 Å². The van der Waals surface area contributed by atoms with Crippen molar-refractivity contribution in [1.82, 2.24) is 5.43 Å². The first-order valence-corrected chi connectivity index (χ1v) is 12.5. The highest BCUT2D eigenvalue weighted by molar-refractivity contribution is 7.17. The zero-order valence-electron chi connectivity index (χ0n) is 21.0. The smallest absolute Gasteiger partial charge is 0.343 e. The van der Waals surface area contributed by atoms with Gasteiger partial charge in [-0.15, -0.1) is 11.3 Å². The summed E-state index contributed by atoms with van der Waals surface area (Å²) < 4.78 is 15.7. The van der Waals surface area contributed by atoms with Gasteiger partial charge in [0.05, 0.1) is 31.6 Å². The van der Waals surface area contributed by atoms with Crippen LogP contribution in [0.5, 0.6) is 11.5 Å². The number of carbonyl (C=O) groups excluding carboxylic acids is 4. The highest BCUT2D eigenvalue weighted by Gasteiger charge is 2.29. The Morgan fingerprint density at radius 1 is 0.974 bits per heavy atom. The molecule has 3 aromatic rings. The summed E-state index contributed by atoms with van der Waals surface area (Å²) in [7, 11) is 2.70. The van der Waals surface area contributed by atoms with Crippen LogP contribution in [-0.2, 0) is 27.2 Å². The van der Waals surface area contributed by atoms with E-state index in [0.29, 0.717) is 16.7 Å². The highest BCUT2D eigenvalue weighted by Crippen LogP contribution is 2.39. The minimum atomic E-state index is -1.01. The van der Waals surface area contributed by atoms with E-state index in [1.807, 2.05) is 19.1 Å².